The summed E-state index contributed by atoms with van der Waals surface area (Å²) in [6, 6.07) is -0.736. The van der Waals surface area contributed by atoms with Gasteiger partial charge in [0.25, 0.3) is 0 Å². The van der Waals surface area contributed by atoms with Crippen LogP contribution in [0.2, 0.25) is 0 Å². The number of carbonyl (C=O) groups is 2. The van der Waals surface area contributed by atoms with E-state index in [0.717, 1.165) is 122 Å². The van der Waals surface area contributed by atoms with Crippen LogP contribution in [0.1, 0.15) is 245 Å². The van der Waals surface area contributed by atoms with Crippen molar-refractivity contribution in [1.29, 1.82) is 0 Å². The summed E-state index contributed by atoms with van der Waals surface area (Å²) in [4.78, 5) is 26.3. The molecule has 0 fully saturated rings. The predicted molar refractivity (Wildman–Crippen MR) is 305 cm³/mol. The maximum absolute atomic E-state index is 13.3. The Balaban J connectivity index is 4.75. The van der Waals surface area contributed by atoms with Crippen LogP contribution in [0.5, 0.6) is 0 Å². The van der Waals surface area contributed by atoms with E-state index in [9.17, 15) is 19.8 Å². The summed E-state index contributed by atoms with van der Waals surface area (Å²) in [5, 5.41) is 23.9. The zero-order valence-electron chi connectivity index (χ0n) is 45.4. The third-order valence-corrected chi connectivity index (χ3v) is 12.3. The number of nitrogens with one attached hydrogen (secondary N) is 1. The van der Waals surface area contributed by atoms with Crippen LogP contribution in [0.3, 0.4) is 0 Å². The fourth-order valence-electron chi connectivity index (χ4n) is 8.02. The van der Waals surface area contributed by atoms with Gasteiger partial charge in [-0.3, -0.25) is 9.59 Å². The van der Waals surface area contributed by atoms with E-state index in [-0.39, 0.29) is 24.9 Å². The first-order valence-electron chi connectivity index (χ1n) is 28.8. The number of amides is 1. The molecule has 0 aliphatic rings. The molecule has 0 aromatic rings. The molecule has 3 N–H and O–H groups in total. The summed E-state index contributed by atoms with van der Waals surface area (Å²) in [5.41, 5.74) is 0. The largest absolute Gasteiger partial charge is 0.462 e. The van der Waals surface area contributed by atoms with E-state index in [0.29, 0.717) is 19.3 Å². The Bertz CT molecular complexity index is 1460. The number of allylic oxidation sites excluding steroid dienone is 20. The van der Waals surface area contributed by atoms with Crippen molar-refractivity contribution in [2.24, 2.45) is 0 Å². The maximum Gasteiger partial charge on any atom is 0.306 e. The molecular weight excluding hydrogens is 863 g/mol. The number of ether oxygens (including phenoxy) is 1. The van der Waals surface area contributed by atoms with Crippen LogP contribution < -0.4 is 5.32 Å². The Labute approximate surface area is 431 Å². The lowest BCUT2D eigenvalue weighted by Gasteiger charge is -2.24. The van der Waals surface area contributed by atoms with E-state index >= 15 is 0 Å². The summed E-state index contributed by atoms with van der Waals surface area (Å²) < 4.78 is 5.92. The zero-order valence-corrected chi connectivity index (χ0v) is 45.4. The Morgan fingerprint density at radius 2 is 0.786 bits per heavy atom. The lowest BCUT2D eigenvalue weighted by Crippen LogP contribution is -2.46. The van der Waals surface area contributed by atoms with Gasteiger partial charge in [0.05, 0.1) is 25.2 Å². The molecule has 0 heterocycles. The van der Waals surface area contributed by atoms with Crippen molar-refractivity contribution in [3.63, 3.8) is 0 Å². The number of aliphatic hydroxyl groups excluding tert-OH is 2. The number of rotatable bonds is 50. The van der Waals surface area contributed by atoms with Crippen molar-refractivity contribution >= 4 is 11.9 Å². The van der Waals surface area contributed by atoms with Gasteiger partial charge >= 0.3 is 5.97 Å². The van der Waals surface area contributed by atoms with E-state index in [1.54, 1.807) is 0 Å². The molecule has 0 aliphatic heterocycles. The highest BCUT2D eigenvalue weighted by atomic mass is 16.5. The number of aliphatic hydroxyl groups is 2. The molecular formula is C64H107NO5. The van der Waals surface area contributed by atoms with Crippen molar-refractivity contribution < 1.29 is 24.5 Å². The van der Waals surface area contributed by atoms with Gasteiger partial charge in [-0.1, -0.05) is 245 Å². The molecule has 0 saturated heterocycles. The number of hydrogen-bond acceptors (Lipinski definition) is 5. The molecule has 6 nitrogen and oxygen atoms in total. The minimum atomic E-state index is -0.818. The van der Waals surface area contributed by atoms with Gasteiger partial charge in [-0.15, -0.1) is 0 Å². The highest BCUT2D eigenvalue weighted by molar-refractivity contribution is 5.77. The number of esters is 1. The molecule has 3 atom stereocenters. The van der Waals surface area contributed by atoms with Gasteiger partial charge in [0.15, 0.2) is 0 Å². The van der Waals surface area contributed by atoms with E-state index in [2.05, 4.69) is 148 Å². The Hall–Kier alpha value is -3.74. The van der Waals surface area contributed by atoms with E-state index in [1.807, 2.05) is 0 Å². The molecule has 0 aliphatic carbocycles. The fraction of sp³-hybridized carbons (Fsp3) is 0.656. The van der Waals surface area contributed by atoms with Gasteiger partial charge in [-0.05, 0) is 109 Å². The minimum absolute atomic E-state index is 0.0175. The van der Waals surface area contributed by atoms with Crippen molar-refractivity contribution in [3.05, 3.63) is 122 Å². The lowest BCUT2D eigenvalue weighted by atomic mass is 10.0. The second kappa shape index (κ2) is 56.2. The molecule has 6 heteroatoms. The molecule has 0 aromatic heterocycles. The van der Waals surface area contributed by atoms with Crippen LogP contribution in [-0.4, -0.2) is 46.9 Å². The van der Waals surface area contributed by atoms with Crippen molar-refractivity contribution in [2.45, 2.75) is 264 Å². The third kappa shape index (κ3) is 50.6. The summed E-state index contributed by atoms with van der Waals surface area (Å²) in [5.74, 6) is -0.575. The highest BCUT2D eigenvalue weighted by Crippen LogP contribution is 2.17. The van der Waals surface area contributed by atoms with Crippen LogP contribution in [0.25, 0.3) is 0 Å². The lowest BCUT2D eigenvalue weighted by molar-refractivity contribution is -0.151. The SMILES string of the molecule is CC/C=C\C/C=C\C/C=C\C/C=C\C/C=C\CCCCCC(=O)OC(CCC/C=C\C/C=C\C/C=C\C/C=C\C/C=C\CC)CC(=O)NC(CO)C(O)CCCCCCCCCCCCCCCCC. The van der Waals surface area contributed by atoms with Gasteiger partial charge in [-0.25, -0.2) is 0 Å². The molecule has 0 rings (SSSR count). The smallest absolute Gasteiger partial charge is 0.306 e. The normalized spacial score (nSPS) is 14.1. The number of carbonyl (C=O) groups excluding carboxylic acids is 2. The standard InChI is InChI=1S/C64H107NO5/c1-4-7-10-13-16-19-22-25-28-30-31-33-36-39-42-45-48-51-54-57-64(69)70-60(55-52-49-46-43-40-37-35-32-29-26-23-20-17-14-11-8-5-2)58-63(68)65-61(59-66)62(67)56-53-50-47-44-41-38-34-27-24-21-18-15-12-9-6-3/h7-8,10-11,16-17,19-20,25-26,28-29,31,33,35,37,39,42-43,46,60-62,66-67H,4-6,9,12-15,18,21-24,27,30,32,34,36,38,40-41,44-45,47-59H2,1-3H3,(H,65,68)/b10-7-,11-8-,19-16-,20-17-,28-25-,29-26-,33-31-,37-35-,42-39-,46-43-. The third-order valence-electron chi connectivity index (χ3n) is 12.3. The molecule has 1 amide bonds. The first kappa shape index (κ1) is 66.3. The van der Waals surface area contributed by atoms with Gasteiger partial charge in [0, 0.05) is 6.42 Å². The topological polar surface area (TPSA) is 95.9 Å². The Kier molecular flexibility index (Phi) is 53.2. The van der Waals surface area contributed by atoms with Crippen LogP contribution in [0.15, 0.2) is 122 Å². The van der Waals surface area contributed by atoms with Crippen molar-refractivity contribution in [1.82, 2.24) is 5.32 Å². The van der Waals surface area contributed by atoms with E-state index < -0.39 is 18.2 Å². The fourth-order valence-corrected chi connectivity index (χ4v) is 8.02. The summed E-state index contributed by atoms with van der Waals surface area (Å²) in [6.45, 7) is 6.24. The van der Waals surface area contributed by atoms with Crippen LogP contribution in [0, 0.1) is 0 Å². The summed E-state index contributed by atoms with van der Waals surface area (Å²) in [6.07, 6.45) is 78.3. The summed E-state index contributed by atoms with van der Waals surface area (Å²) >= 11 is 0. The number of unbranched alkanes of at least 4 members (excludes halogenated alkanes) is 18. The molecule has 0 saturated carbocycles. The summed E-state index contributed by atoms with van der Waals surface area (Å²) in [7, 11) is 0. The average molecular weight is 971 g/mol. The Morgan fingerprint density at radius 3 is 1.19 bits per heavy atom. The second-order valence-electron chi connectivity index (χ2n) is 18.9. The first-order chi connectivity index (χ1) is 34.5. The van der Waals surface area contributed by atoms with Crippen LogP contribution in [0.4, 0.5) is 0 Å². The van der Waals surface area contributed by atoms with Gasteiger partial charge in [-0.2, -0.15) is 0 Å². The van der Waals surface area contributed by atoms with Crippen LogP contribution >= 0.6 is 0 Å². The minimum Gasteiger partial charge on any atom is -0.462 e. The van der Waals surface area contributed by atoms with Gasteiger partial charge < -0.3 is 20.3 Å². The molecule has 0 spiro atoms. The first-order valence-corrected chi connectivity index (χ1v) is 28.8. The Morgan fingerprint density at radius 1 is 0.429 bits per heavy atom. The molecule has 3 unspecified atom stereocenters. The molecule has 0 aromatic carbocycles. The highest BCUT2D eigenvalue weighted by Gasteiger charge is 2.24. The van der Waals surface area contributed by atoms with Gasteiger partial charge in [0.2, 0.25) is 5.91 Å². The quantitative estimate of drug-likeness (QED) is 0.0321. The van der Waals surface area contributed by atoms with Crippen LogP contribution in [-0.2, 0) is 14.3 Å². The van der Waals surface area contributed by atoms with Gasteiger partial charge in [0.1, 0.15) is 6.10 Å². The van der Waals surface area contributed by atoms with Crippen molar-refractivity contribution in [3.8, 4) is 0 Å². The second-order valence-corrected chi connectivity index (χ2v) is 18.9. The molecule has 70 heavy (non-hydrogen) atoms. The monoisotopic (exact) mass is 970 g/mol. The van der Waals surface area contributed by atoms with E-state index in [4.69, 9.17) is 4.74 Å². The molecule has 398 valence electrons. The van der Waals surface area contributed by atoms with Crippen molar-refractivity contribution in [2.75, 3.05) is 6.61 Å². The van der Waals surface area contributed by atoms with E-state index in [1.165, 1.54) is 77.0 Å². The average Bonchev–Trinajstić information content (AvgIpc) is 3.35. The molecule has 0 radical (unpaired) electrons. The predicted octanol–water partition coefficient (Wildman–Crippen LogP) is 18.0. The number of hydrogen-bond donors (Lipinski definition) is 3. The molecule has 0 bridgehead atoms. The maximum atomic E-state index is 13.3. The zero-order chi connectivity index (χ0) is 50.9.